The van der Waals surface area contributed by atoms with Crippen molar-refractivity contribution in [3.8, 4) is 0 Å². The van der Waals surface area contributed by atoms with E-state index in [1.165, 1.54) is 12.1 Å². The van der Waals surface area contributed by atoms with Gasteiger partial charge in [-0.05, 0) is 61.1 Å². The smallest absolute Gasteiger partial charge is 0.230 e. The van der Waals surface area contributed by atoms with E-state index in [1.54, 1.807) is 12.1 Å². The summed E-state index contributed by atoms with van der Waals surface area (Å²) in [5, 5.41) is 4.22. The van der Waals surface area contributed by atoms with Gasteiger partial charge in [-0.3, -0.25) is 4.79 Å². The highest BCUT2D eigenvalue weighted by Gasteiger charge is 2.47. The SMILES string of the molecule is O=C(NCC1(c2ccc(F)cc2)CC1)C1(c2ccc(Cl)cc2Cl)CCOCC1. The maximum absolute atomic E-state index is 13.4. The van der Waals surface area contributed by atoms with E-state index in [1.807, 2.05) is 18.2 Å². The van der Waals surface area contributed by atoms with Gasteiger partial charge in [-0.2, -0.15) is 0 Å². The van der Waals surface area contributed by atoms with Crippen molar-refractivity contribution in [3.05, 3.63) is 69.5 Å². The third-order valence-electron chi connectivity index (χ3n) is 6.13. The Balaban J connectivity index is 1.56. The van der Waals surface area contributed by atoms with Crippen LogP contribution in [0.3, 0.4) is 0 Å². The van der Waals surface area contributed by atoms with Crippen LogP contribution in [0.1, 0.15) is 36.8 Å². The highest BCUT2D eigenvalue weighted by molar-refractivity contribution is 6.35. The molecule has 0 radical (unpaired) electrons. The fourth-order valence-electron chi connectivity index (χ4n) is 4.16. The number of ether oxygens (including phenoxy) is 1. The van der Waals surface area contributed by atoms with Crippen molar-refractivity contribution in [2.45, 2.75) is 36.5 Å². The van der Waals surface area contributed by atoms with Gasteiger partial charge in [0.25, 0.3) is 0 Å². The van der Waals surface area contributed by atoms with E-state index in [4.69, 9.17) is 27.9 Å². The van der Waals surface area contributed by atoms with Gasteiger partial charge in [0.15, 0.2) is 0 Å². The molecule has 1 saturated heterocycles. The lowest BCUT2D eigenvalue weighted by atomic mass is 9.73. The fourth-order valence-corrected chi connectivity index (χ4v) is 4.75. The highest BCUT2D eigenvalue weighted by Crippen LogP contribution is 2.48. The molecule has 1 aliphatic carbocycles. The van der Waals surface area contributed by atoms with Crippen molar-refractivity contribution >= 4 is 29.1 Å². The van der Waals surface area contributed by atoms with E-state index in [0.717, 1.165) is 24.0 Å². The first-order valence-corrected chi connectivity index (χ1v) is 10.3. The summed E-state index contributed by atoms with van der Waals surface area (Å²) in [6, 6.07) is 11.9. The third kappa shape index (κ3) is 3.66. The van der Waals surface area contributed by atoms with Crippen molar-refractivity contribution in [2.24, 2.45) is 0 Å². The molecular formula is C22H22Cl2FNO2. The maximum atomic E-state index is 13.4. The Bertz CT molecular complexity index is 875. The van der Waals surface area contributed by atoms with Gasteiger partial charge < -0.3 is 10.1 Å². The Kier molecular flexibility index (Phi) is 5.38. The van der Waals surface area contributed by atoms with E-state index in [2.05, 4.69) is 5.32 Å². The largest absolute Gasteiger partial charge is 0.381 e. The number of hydrogen-bond donors (Lipinski definition) is 1. The molecule has 2 aromatic rings. The van der Waals surface area contributed by atoms with Crippen molar-refractivity contribution in [1.82, 2.24) is 5.32 Å². The minimum atomic E-state index is -0.723. The predicted molar refractivity (Wildman–Crippen MR) is 109 cm³/mol. The number of amides is 1. The molecule has 1 amide bonds. The van der Waals surface area contributed by atoms with Crippen molar-refractivity contribution in [1.29, 1.82) is 0 Å². The molecule has 1 saturated carbocycles. The fraction of sp³-hybridized carbons (Fsp3) is 0.409. The van der Waals surface area contributed by atoms with E-state index in [9.17, 15) is 9.18 Å². The van der Waals surface area contributed by atoms with Gasteiger partial charge in [0.2, 0.25) is 5.91 Å². The number of carbonyl (C=O) groups excluding carboxylic acids is 1. The van der Waals surface area contributed by atoms with E-state index in [-0.39, 0.29) is 17.1 Å². The summed E-state index contributed by atoms with van der Waals surface area (Å²) in [6.45, 7) is 1.55. The average molecular weight is 422 g/mol. The van der Waals surface area contributed by atoms with Crippen LogP contribution in [0.2, 0.25) is 10.0 Å². The minimum absolute atomic E-state index is 0.0339. The van der Waals surface area contributed by atoms with Crippen LogP contribution in [0.25, 0.3) is 0 Å². The molecule has 1 aliphatic heterocycles. The van der Waals surface area contributed by atoms with Gasteiger partial charge in [0.1, 0.15) is 5.82 Å². The number of hydrogen-bond acceptors (Lipinski definition) is 2. The quantitative estimate of drug-likeness (QED) is 0.734. The lowest BCUT2D eigenvalue weighted by molar-refractivity contribution is -0.130. The first kappa shape index (κ1) is 19.7. The second kappa shape index (κ2) is 7.66. The van der Waals surface area contributed by atoms with Crippen LogP contribution in [-0.4, -0.2) is 25.7 Å². The number of benzene rings is 2. The Hall–Kier alpha value is -1.62. The van der Waals surface area contributed by atoms with Crippen LogP contribution in [-0.2, 0) is 20.4 Å². The molecule has 1 heterocycles. The molecular weight excluding hydrogens is 400 g/mol. The van der Waals surface area contributed by atoms with Crippen molar-refractivity contribution < 1.29 is 13.9 Å². The molecule has 1 N–H and O–H groups in total. The molecule has 0 bridgehead atoms. The molecule has 6 heteroatoms. The van der Waals surface area contributed by atoms with E-state index in [0.29, 0.717) is 42.6 Å². The zero-order chi connectivity index (χ0) is 19.8. The predicted octanol–water partition coefficient (Wildman–Crippen LogP) is 5.03. The van der Waals surface area contributed by atoms with Gasteiger partial charge in [-0.1, -0.05) is 41.4 Å². The number of nitrogens with one attached hydrogen (secondary N) is 1. The molecule has 148 valence electrons. The van der Waals surface area contributed by atoms with Gasteiger partial charge >= 0.3 is 0 Å². The van der Waals surface area contributed by atoms with Crippen molar-refractivity contribution in [2.75, 3.05) is 19.8 Å². The summed E-state index contributed by atoms with van der Waals surface area (Å²) in [7, 11) is 0. The van der Waals surface area contributed by atoms with Gasteiger partial charge in [-0.15, -0.1) is 0 Å². The number of halogens is 3. The summed E-state index contributed by atoms with van der Waals surface area (Å²) >= 11 is 12.5. The maximum Gasteiger partial charge on any atom is 0.230 e. The monoisotopic (exact) mass is 421 g/mol. The third-order valence-corrected chi connectivity index (χ3v) is 6.67. The van der Waals surface area contributed by atoms with Gasteiger partial charge in [0.05, 0.1) is 5.41 Å². The van der Waals surface area contributed by atoms with Crippen molar-refractivity contribution in [3.63, 3.8) is 0 Å². The molecule has 0 unspecified atom stereocenters. The first-order valence-electron chi connectivity index (χ1n) is 9.53. The Labute approximate surface area is 174 Å². The average Bonchev–Trinajstić information content (AvgIpc) is 3.48. The lowest BCUT2D eigenvalue weighted by Gasteiger charge is -2.37. The lowest BCUT2D eigenvalue weighted by Crippen LogP contribution is -2.49. The molecule has 4 rings (SSSR count). The molecule has 28 heavy (non-hydrogen) atoms. The summed E-state index contributed by atoms with van der Waals surface area (Å²) < 4.78 is 18.8. The molecule has 0 atom stereocenters. The Morgan fingerprint density at radius 3 is 2.32 bits per heavy atom. The molecule has 0 aromatic heterocycles. The second-order valence-electron chi connectivity index (χ2n) is 7.79. The van der Waals surface area contributed by atoms with Crippen LogP contribution in [0.4, 0.5) is 4.39 Å². The summed E-state index contributed by atoms with van der Waals surface area (Å²) in [6.07, 6.45) is 3.11. The number of rotatable bonds is 5. The van der Waals surface area contributed by atoms with Gasteiger partial charge in [-0.25, -0.2) is 4.39 Å². The van der Waals surface area contributed by atoms with Crippen LogP contribution in [0.5, 0.6) is 0 Å². The standard InChI is InChI=1S/C22H22Cl2FNO2/c23-16-3-6-18(19(24)13-16)22(9-11-28-12-10-22)20(27)26-14-21(7-8-21)15-1-4-17(25)5-2-15/h1-6,13H,7-12,14H2,(H,26,27). The van der Waals surface area contributed by atoms with Crippen LogP contribution in [0, 0.1) is 5.82 Å². The van der Waals surface area contributed by atoms with Crippen LogP contribution < -0.4 is 5.32 Å². The second-order valence-corrected chi connectivity index (χ2v) is 8.63. The Morgan fingerprint density at radius 1 is 1.04 bits per heavy atom. The molecule has 2 aromatic carbocycles. The first-order chi connectivity index (χ1) is 13.5. The molecule has 0 spiro atoms. The number of carbonyl (C=O) groups is 1. The normalized spacial score (nSPS) is 19.8. The zero-order valence-electron chi connectivity index (χ0n) is 15.4. The molecule has 3 nitrogen and oxygen atoms in total. The summed E-state index contributed by atoms with van der Waals surface area (Å²) in [5.74, 6) is -0.282. The zero-order valence-corrected chi connectivity index (χ0v) is 17.0. The van der Waals surface area contributed by atoms with Crippen LogP contribution >= 0.6 is 23.2 Å². The highest BCUT2D eigenvalue weighted by atomic mass is 35.5. The van der Waals surface area contributed by atoms with Gasteiger partial charge in [0, 0.05) is 35.2 Å². The minimum Gasteiger partial charge on any atom is -0.381 e. The topological polar surface area (TPSA) is 38.3 Å². The summed E-state index contributed by atoms with van der Waals surface area (Å²) in [5.41, 5.74) is 1.05. The Morgan fingerprint density at radius 2 is 1.71 bits per heavy atom. The molecule has 2 aliphatic rings. The van der Waals surface area contributed by atoms with Crippen LogP contribution in [0.15, 0.2) is 42.5 Å². The van der Waals surface area contributed by atoms with E-state index >= 15 is 0 Å². The molecule has 2 fully saturated rings. The summed E-state index contributed by atoms with van der Waals surface area (Å²) in [4.78, 5) is 13.4. The van der Waals surface area contributed by atoms with E-state index < -0.39 is 5.41 Å².